The molecule has 1 unspecified atom stereocenters. The number of hydrogen-bond acceptors (Lipinski definition) is 5. The third-order valence-corrected chi connectivity index (χ3v) is 4.11. The van der Waals surface area contributed by atoms with E-state index in [0.29, 0.717) is 12.2 Å². The van der Waals surface area contributed by atoms with Crippen molar-refractivity contribution in [2.45, 2.75) is 45.0 Å². The third-order valence-electron chi connectivity index (χ3n) is 2.48. The van der Waals surface area contributed by atoms with Gasteiger partial charge < -0.3 is 5.73 Å². The summed E-state index contributed by atoms with van der Waals surface area (Å²) in [5.74, 6) is 0.371. The van der Waals surface area contributed by atoms with Crippen molar-refractivity contribution in [1.82, 2.24) is 14.8 Å². The van der Waals surface area contributed by atoms with Crippen LogP contribution < -0.4 is 5.73 Å². The van der Waals surface area contributed by atoms with Gasteiger partial charge in [-0.15, -0.1) is 0 Å². The molecule has 0 amide bonds. The number of rotatable bonds is 6. The van der Waals surface area contributed by atoms with E-state index in [2.05, 4.69) is 10.1 Å². The van der Waals surface area contributed by atoms with E-state index in [9.17, 15) is 8.42 Å². The van der Waals surface area contributed by atoms with Gasteiger partial charge in [-0.3, -0.25) is 0 Å². The molecule has 1 rings (SSSR count). The fourth-order valence-corrected chi connectivity index (χ4v) is 3.11. The molecular weight excluding hydrogens is 240 g/mol. The Kier molecular flexibility index (Phi) is 4.64. The molecule has 0 saturated carbocycles. The van der Waals surface area contributed by atoms with Crippen LogP contribution in [0.25, 0.3) is 0 Å². The van der Waals surface area contributed by atoms with Gasteiger partial charge in [-0.05, 0) is 20.3 Å². The molecule has 7 heteroatoms. The van der Waals surface area contributed by atoms with Gasteiger partial charge in [0.15, 0.2) is 9.84 Å². The van der Waals surface area contributed by atoms with Crippen LogP contribution in [0, 0.1) is 0 Å². The first-order valence-electron chi connectivity index (χ1n) is 5.70. The molecule has 6 nitrogen and oxygen atoms in total. The molecule has 0 aliphatic rings. The Hall–Kier alpha value is -0.950. The number of nitrogens with zero attached hydrogens (tertiary/aromatic N) is 3. The topological polar surface area (TPSA) is 90.9 Å². The highest BCUT2D eigenvalue weighted by atomic mass is 32.2. The van der Waals surface area contributed by atoms with Crippen molar-refractivity contribution in [3.63, 3.8) is 0 Å². The van der Waals surface area contributed by atoms with Crippen LogP contribution in [-0.2, 0) is 15.6 Å². The zero-order chi connectivity index (χ0) is 13.1. The molecule has 0 fully saturated rings. The first kappa shape index (κ1) is 14.1. The van der Waals surface area contributed by atoms with Crippen LogP contribution in [-0.4, -0.2) is 35.0 Å². The minimum Gasteiger partial charge on any atom is -0.327 e. The minimum atomic E-state index is -3.22. The van der Waals surface area contributed by atoms with E-state index in [0.717, 1.165) is 0 Å². The molecular formula is C10H20N4O2S. The Bertz CT molecular complexity index is 453. The average molecular weight is 260 g/mol. The lowest BCUT2D eigenvalue weighted by atomic mass is 10.3. The summed E-state index contributed by atoms with van der Waals surface area (Å²) < 4.78 is 25.4. The molecule has 0 aliphatic carbocycles. The second-order valence-corrected chi connectivity index (χ2v) is 6.55. The number of hydrogen-bond donors (Lipinski definition) is 1. The molecule has 0 aromatic carbocycles. The largest absolute Gasteiger partial charge is 0.327 e. The molecule has 98 valence electrons. The van der Waals surface area contributed by atoms with Crippen molar-refractivity contribution in [3.05, 3.63) is 12.2 Å². The SMILES string of the molecule is CCC(N)CS(=O)(=O)Cc1ncnn1C(C)C. The molecule has 2 N–H and O–H groups in total. The Morgan fingerprint density at radius 2 is 2.12 bits per heavy atom. The van der Waals surface area contributed by atoms with Gasteiger partial charge in [0.25, 0.3) is 0 Å². The molecule has 0 saturated heterocycles. The Balaban J connectivity index is 2.80. The summed E-state index contributed by atoms with van der Waals surface area (Å²) >= 11 is 0. The molecule has 0 spiro atoms. The lowest BCUT2D eigenvalue weighted by Crippen LogP contribution is -2.30. The molecule has 1 heterocycles. The van der Waals surface area contributed by atoms with E-state index in [-0.39, 0.29) is 23.6 Å². The van der Waals surface area contributed by atoms with Crippen molar-refractivity contribution in [2.24, 2.45) is 5.73 Å². The Morgan fingerprint density at radius 3 is 2.65 bits per heavy atom. The van der Waals surface area contributed by atoms with E-state index in [4.69, 9.17) is 5.73 Å². The number of sulfone groups is 1. The van der Waals surface area contributed by atoms with Crippen LogP contribution in [0.4, 0.5) is 0 Å². The van der Waals surface area contributed by atoms with Crippen LogP contribution in [0.2, 0.25) is 0 Å². The van der Waals surface area contributed by atoms with Gasteiger partial charge in [-0.1, -0.05) is 6.92 Å². The summed E-state index contributed by atoms with van der Waals surface area (Å²) in [6.45, 7) is 5.74. The maximum Gasteiger partial charge on any atom is 0.159 e. The number of aromatic nitrogens is 3. The highest BCUT2D eigenvalue weighted by Crippen LogP contribution is 2.10. The van der Waals surface area contributed by atoms with Gasteiger partial charge in [0.05, 0.1) is 5.75 Å². The fraction of sp³-hybridized carbons (Fsp3) is 0.800. The first-order chi connectivity index (χ1) is 7.85. The Morgan fingerprint density at radius 1 is 1.47 bits per heavy atom. The standard InChI is InChI=1S/C10H20N4O2S/c1-4-9(11)5-17(15,16)6-10-12-7-13-14(10)8(2)3/h7-9H,4-6,11H2,1-3H3. The lowest BCUT2D eigenvalue weighted by Gasteiger charge is -2.11. The molecule has 1 atom stereocenters. The van der Waals surface area contributed by atoms with E-state index < -0.39 is 9.84 Å². The van der Waals surface area contributed by atoms with Crippen molar-refractivity contribution in [3.8, 4) is 0 Å². The molecule has 0 radical (unpaired) electrons. The van der Waals surface area contributed by atoms with Crippen LogP contribution >= 0.6 is 0 Å². The van der Waals surface area contributed by atoms with Gasteiger partial charge in [-0.2, -0.15) is 5.10 Å². The predicted molar refractivity (Wildman–Crippen MR) is 66.2 cm³/mol. The minimum absolute atomic E-state index is 0.00550. The predicted octanol–water partition coefficient (Wildman–Crippen LogP) is 0.511. The van der Waals surface area contributed by atoms with Crippen molar-refractivity contribution >= 4 is 9.84 Å². The van der Waals surface area contributed by atoms with Gasteiger partial charge >= 0.3 is 0 Å². The molecule has 1 aromatic heterocycles. The van der Waals surface area contributed by atoms with Gasteiger partial charge in [0, 0.05) is 12.1 Å². The second kappa shape index (κ2) is 5.59. The highest BCUT2D eigenvalue weighted by Gasteiger charge is 2.20. The molecule has 1 aromatic rings. The zero-order valence-electron chi connectivity index (χ0n) is 10.5. The van der Waals surface area contributed by atoms with E-state index in [1.54, 1.807) is 4.68 Å². The van der Waals surface area contributed by atoms with Gasteiger partial charge in [0.1, 0.15) is 17.9 Å². The van der Waals surface area contributed by atoms with Crippen LogP contribution in [0.15, 0.2) is 6.33 Å². The summed E-state index contributed by atoms with van der Waals surface area (Å²) in [4.78, 5) is 3.99. The summed E-state index contributed by atoms with van der Waals surface area (Å²) in [5, 5.41) is 4.01. The van der Waals surface area contributed by atoms with Gasteiger partial charge in [-0.25, -0.2) is 18.1 Å². The summed E-state index contributed by atoms with van der Waals surface area (Å²) in [7, 11) is -3.22. The smallest absolute Gasteiger partial charge is 0.159 e. The number of nitrogens with two attached hydrogens (primary N) is 1. The quantitative estimate of drug-likeness (QED) is 0.804. The lowest BCUT2D eigenvalue weighted by molar-refractivity contribution is 0.510. The molecule has 0 aliphatic heterocycles. The Labute approximate surface area is 102 Å². The van der Waals surface area contributed by atoms with Crippen LogP contribution in [0.3, 0.4) is 0 Å². The van der Waals surface area contributed by atoms with E-state index in [1.807, 2.05) is 20.8 Å². The average Bonchev–Trinajstić information content (AvgIpc) is 2.64. The summed E-state index contributed by atoms with van der Waals surface area (Å²) in [6, 6.07) is -0.210. The maximum absolute atomic E-state index is 11.9. The van der Waals surface area contributed by atoms with Crippen molar-refractivity contribution in [2.75, 3.05) is 5.75 Å². The third kappa shape index (κ3) is 4.08. The molecule has 17 heavy (non-hydrogen) atoms. The maximum atomic E-state index is 11.9. The zero-order valence-corrected chi connectivity index (χ0v) is 11.3. The van der Waals surface area contributed by atoms with E-state index >= 15 is 0 Å². The highest BCUT2D eigenvalue weighted by molar-refractivity contribution is 7.90. The summed E-state index contributed by atoms with van der Waals surface area (Å²) in [6.07, 6.45) is 2.03. The summed E-state index contributed by atoms with van der Waals surface area (Å²) in [5.41, 5.74) is 5.66. The monoisotopic (exact) mass is 260 g/mol. The van der Waals surface area contributed by atoms with Crippen LogP contribution in [0.1, 0.15) is 39.1 Å². The van der Waals surface area contributed by atoms with Crippen molar-refractivity contribution < 1.29 is 8.42 Å². The first-order valence-corrected chi connectivity index (χ1v) is 7.52. The fourth-order valence-electron chi connectivity index (χ4n) is 1.51. The second-order valence-electron chi connectivity index (χ2n) is 4.44. The normalized spacial score (nSPS) is 14.2. The molecule has 0 bridgehead atoms. The van der Waals surface area contributed by atoms with Gasteiger partial charge in [0.2, 0.25) is 0 Å². The van der Waals surface area contributed by atoms with E-state index in [1.165, 1.54) is 6.33 Å². The van der Waals surface area contributed by atoms with Crippen LogP contribution in [0.5, 0.6) is 0 Å². The van der Waals surface area contributed by atoms with Crippen molar-refractivity contribution in [1.29, 1.82) is 0 Å².